The van der Waals surface area contributed by atoms with Crippen molar-refractivity contribution >= 4 is 66.2 Å². The van der Waals surface area contributed by atoms with E-state index in [0.717, 1.165) is 77.9 Å². The SMILES string of the molecule is c1ccc(C2Nc3ccc4ccc5ccc(-c6ccc(N(c7ccccc7)c7cccc8c7oc7ccccc78)cc6)cc5c4c3O2)cc1. The standard InChI is InChI=1S/C45H30N2O2/c1-3-10-32(11-4-1)45-46-39-27-24-31-20-18-30-19-21-33(28-38(30)42(31)44(39)49-45)29-22-25-35(26-23-29)47(34-12-5-2-6-13-34)40-16-9-15-37-36-14-7-8-17-41(36)48-43(37)40/h1-28,45-46H. The zero-order chi connectivity index (χ0) is 32.3. The molecule has 0 bridgehead atoms. The Hall–Kier alpha value is -6.52. The summed E-state index contributed by atoms with van der Waals surface area (Å²) in [6.45, 7) is 0. The van der Waals surface area contributed by atoms with Gasteiger partial charge in [0.15, 0.2) is 17.6 Å². The molecule has 1 unspecified atom stereocenters. The van der Waals surface area contributed by atoms with Gasteiger partial charge >= 0.3 is 0 Å². The molecule has 1 aromatic heterocycles. The summed E-state index contributed by atoms with van der Waals surface area (Å²) in [5.41, 5.74) is 9.30. The van der Waals surface area contributed by atoms with Gasteiger partial charge in [0, 0.05) is 33.1 Å². The van der Waals surface area contributed by atoms with Gasteiger partial charge in [-0.15, -0.1) is 0 Å². The normalized spacial score (nSPS) is 13.8. The Kier molecular flexibility index (Phi) is 6.21. The number of nitrogens with one attached hydrogen (secondary N) is 1. The molecule has 0 fully saturated rings. The lowest BCUT2D eigenvalue weighted by Crippen LogP contribution is -2.10. The number of hydrogen-bond acceptors (Lipinski definition) is 4. The van der Waals surface area contributed by atoms with Crippen molar-refractivity contribution in [3.05, 3.63) is 175 Å². The second kappa shape index (κ2) is 11.0. The molecule has 1 aliphatic rings. The van der Waals surface area contributed by atoms with Crippen LogP contribution in [0, 0.1) is 0 Å². The monoisotopic (exact) mass is 630 g/mol. The van der Waals surface area contributed by atoms with Crippen LogP contribution in [-0.2, 0) is 0 Å². The summed E-state index contributed by atoms with van der Waals surface area (Å²) in [6, 6.07) is 59.7. The van der Waals surface area contributed by atoms with Crippen LogP contribution in [-0.4, -0.2) is 0 Å². The minimum absolute atomic E-state index is 0.217. The highest BCUT2D eigenvalue weighted by Crippen LogP contribution is 2.47. The van der Waals surface area contributed by atoms with E-state index in [1.54, 1.807) is 0 Å². The topological polar surface area (TPSA) is 37.6 Å². The van der Waals surface area contributed by atoms with Crippen LogP contribution in [0.15, 0.2) is 174 Å². The molecule has 1 N–H and O–H groups in total. The summed E-state index contributed by atoms with van der Waals surface area (Å²) >= 11 is 0. The van der Waals surface area contributed by atoms with Gasteiger partial charge in [-0.1, -0.05) is 121 Å². The van der Waals surface area contributed by atoms with Crippen LogP contribution in [0.25, 0.3) is 54.6 Å². The number of furan rings is 1. The first kappa shape index (κ1) is 27.6. The quantitative estimate of drug-likeness (QED) is 0.192. The van der Waals surface area contributed by atoms with Gasteiger partial charge in [-0.25, -0.2) is 0 Å². The van der Waals surface area contributed by atoms with Gasteiger partial charge in [-0.3, -0.25) is 0 Å². The average molecular weight is 631 g/mol. The number of anilines is 4. The fourth-order valence-corrected chi connectivity index (χ4v) is 7.31. The Morgan fingerprint density at radius 2 is 1.18 bits per heavy atom. The Morgan fingerprint density at radius 1 is 0.510 bits per heavy atom. The number of ether oxygens (including phenoxy) is 1. The smallest absolute Gasteiger partial charge is 0.196 e. The van der Waals surface area contributed by atoms with Gasteiger partial charge in [-0.2, -0.15) is 0 Å². The van der Waals surface area contributed by atoms with E-state index in [1.807, 2.05) is 36.4 Å². The van der Waals surface area contributed by atoms with E-state index in [0.29, 0.717) is 0 Å². The summed E-state index contributed by atoms with van der Waals surface area (Å²) in [7, 11) is 0. The van der Waals surface area contributed by atoms with Crippen molar-refractivity contribution in [1.82, 2.24) is 0 Å². The molecule has 0 saturated heterocycles. The Bertz CT molecular complexity index is 2660. The third-order valence-corrected chi connectivity index (χ3v) is 9.68. The number of fused-ring (bicyclic) bond motifs is 8. The van der Waals surface area contributed by atoms with Crippen molar-refractivity contribution in [3.63, 3.8) is 0 Å². The fourth-order valence-electron chi connectivity index (χ4n) is 7.31. The van der Waals surface area contributed by atoms with E-state index in [1.165, 1.54) is 10.8 Å². The maximum absolute atomic E-state index is 6.61. The van der Waals surface area contributed by atoms with E-state index in [2.05, 4.69) is 144 Å². The molecular formula is C45H30N2O2. The Labute approximate surface area is 283 Å². The summed E-state index contributed by atoms with van der Waals surface area (Å²) in [6.07, 6.45) is -0.217. The predicted octanol–water partition coefficient (Wildman–Crippen LogP) is 12.5. The van der Waals surface area contributed by atoms with Crippen molar-refractivity contribution in [3.8, 4) is 16.9 Å². The van der Waals surface area contributed by atoms with E-state index in [-0.39, 0.29) is 6.23 Å². The summed E-state index contributed by atoms with van der Waals surface area (Å²) in [5.74, 6) is 0.905. The first-order valence-corrected chi connectivity index (χ1v) is 16.6. The molecule has 2 heterocycles. The molecule has 8 aromatic carbocycles. The molecule has 0 radical (unpaired) electrons. The van der Waals surface area contributed by atoms with Crippen LogP contribution in [0.1, 0.15) is 11.8 Å². The molecule has 9 aromatic rings. The molecule has 1 aliphatic heterocycles. The molecule has 10 rings (SSSR count). The molecule has 232 valence electrons. The molecule has 0 saturated carbocycles. The van der Waals surface area contributed by atoms with E-state index in [4.69, 9.17) is 9.15 Å². The minimum Gasteiger partial charge on any atom is -0.464 e. The molecular weight excluding hydrogens is 601 g/mol. The number of rotatable bonds is 5. The zero-order valence-electron chi connectivity index (χ0n) is 26.5. The summed E-state index contributed by atoms with van der Waals surface area (Å²) in [4.78, 5) is 2.28. The van der Waals surface area contributed by atoms with Gasteiger partial charge in [0.05, 0.1) is 11.4 Å². The van der Waals surface area contributed by atoms with Crippen LogP contribution in [0.3, 0.4) is 0 Å². The zero-order valence-corrected chi connectivity index (χ0v) is 26.5. The number of nitrogens with zero attached hydrogens (tertiary/aromatic N) is 1. The number of para-hydroxylation sites is 3. The summed E-state index contributed by atoms with van der Waals surface area (Å²) < 4.78 is 13.1. The second-order valence-electron chi connectivity index (χ2n) is 12.6. The van der Waals surface area contributed by atoms with Gasteiger partial charge in [-0.05, 0) is 75.8 Å². The second-order valence-corrected chi connectivity index (χ2v) is 12.6. The molecule has 1 atom stereocenters. The predicted molar refractivity (Wildman–Crippen MR) is 202 cm³/mol. The van der Waals surface area contributed by atoms with Gasteiger partial charge in [0.25, 0.3) is 0 Å². The lowest BCUT2D eigenvalue weighted by Gasteiger charge is -2.25. The fraction of sp³-hybridized carbons (Fsp3) is 0.0222. The Balaban J connectivity index is 1.07. The highest BCUT2D eigenvalue weighted by molar-refractivity contribution is 6.14. The van der Waals surface area contributed by atoms with Gasteiger partial charge in [0.1, 0.15) is 5.58 Å². The van der Waals surface area contributed by atoms with Crippen molar-refractivity contribution in [2.45, 2.75) is 6.23 Å². The maximum Gasteiger partial charge on any atom is 0.196 e. The highest BCUT2D eigenvalue weighted by atomic mass is 16.5. The first-order chi connectivity index (χ1) is 24.3. The largest absolute Gasteiger partial charge is 0.464 e. The van der Waals surface area contributed by atoms with Crippen molar-refractivity contribution in [1.29, 1.82) is 0 Å². The minimum atomic E-state index is -0.217. The van der Waals surface area contributed by atoms with Crippen LogP contribution in [0.2, 0.25) is 0 Å². The molecule has 4 heteroatoms. The van der Waals surface area contributed by atoms with Gasteiger partial charge in [0.2, 0.25) is 0 Å². The maximum atomic E-state index is 6.61. The van der Waals surface area contributed by atoms with Crippen LogP contribution in [0.4, 0.5) is 22.7 Å². The third kappa shape index (κ3) is 4.53. The van der Waals surface area contributed by atoms with Crippen molar-refractivity contribution < 1.29 is 9.15 Å². The molecule has 4 nitrogen and oxygen atoms in total. The van der Waals surface area contributed by atoms with E-state index >= 15 is 0 Å². The van der Waals surface area contributed by atoms with E-state index in [9.17, 15) is 0 Å². The van der Waals surface area contributed by atoms with E-state index < -0.39 is 0 Å². The van der Waals surface area contributed by atoms with Crippen LogP contribution >= 0.6 is 0 Å². The number of hydrogen-bond donors (Lipinski definition) is 1. The van der Waals surface area contributed by atoms with Crippen molar-refractivity contribution in [2.24, 2.45) is 0 Å². The Morgan fingerprint density at radius 3 is 2.04 bits per heavy atom. The molecule has 0 aliphatic carbocycles. The lowest BCUT2D eigenvalue weighted by atomic mass is 9.96. The average Bonchev–Trinajstić information content (AvgIpc) is 3.78. The third-order valence-electron chi connectivity index (χ3n) is 9.68. The molecule has 0 amide bonds. The van der Waals surface area contributed by atoms with Crippen LogP contribution < -0.4 is 15.0 Å². The summed E-state index contributed by atoms with van der Waals surface area (Å²) in [5, 5.41) is 10.5. The highest BCUT2D eigenvalue weighted by Gasteiger charge is 2.26. The van der Waals surface area contributed by atoms with Gasteiger partial charge < -0.3 is 19.4 Å². The first-order valence-electron chi connectivity index (χ1n) is 16.6. The van der Waals surface area contributed by atoms with Crippen molar-refractivity contribution in [2.75, 3.05) is 10.2 Å². The number of benzene rings is 8. The van der Waals surface area contributed by atoms with Crippen LogP contribution in [0.5, 0.6) is 5.75 Å². The molecule has 49 heavy (non-hydrogen) atoms. The lowest BCUT2D eigenvalue weighted by molar-refractivity contribution is 0.263. The molecule has 0 spiro atoms.